The van der Waals surface area contributed by atoms with E-state index in [2.05, 4.69) is 25.9 Å². The summed E-state index contributed by atoms with van der Waals surface area (Å²) in [4.78, 5) is 22.5. The first-order valence-corrected chi connectivity index (χ1v) is 12.8. The first-order valence-electron chi connectivity index (χ1n) is 11.4. The molecule has 3 aromatic rings. The Hall–Kier alpha value is -3.49. The Bertz CT molecular complexity index is 1360. The van der Waals surface area contributed by atoms with Crippen LogP contribution in [0.15, 0.2) is 53.8 Å². The van der Waals surface area contributed by atoms with Gasteiger partial charge in [-0.25, -0.2) is 10.4 Å². The Morgan fingerprint density at radius 3 is 2.66 bits per heavy atom. The highest BCUT2D eigenvalue weighted by atomic mass is 32.2. The number of aromatic nitrogens is 3. The fraction of sp³-hybridized carbons (Fsp3) is 0.292. The van der Waals surface area contributed by atoms with Crippen molar-refractivity contribution in [3.8, 4) is 17.1 Å². The molecular weight excluding hydrogens is 539 g/mol. The van der Waals surface area contributed by atoms with E-state index in [1.54, 1.807) is 37.1 Å². The summed E-state index contributed by atoms with van der Waals surface area (Å²) in [7, 11) is 1.80. The topological polar surface area (TPSA) is 96.7 Å². The minimum atomic E-state index is -4.52. The second-order valence-corrected chi connectivity index (χ2v) is 9.78. The number of aryl methyl sites for hydroxylation is 2. The van der Waals surface area contributed by atoms with Crippen molar-refractivity contribution < 1.29 is 22.7 Å². The molecule has 1 atom stereocenters. The van der Waals surface area contributed by atoms with Gasteiger partial charge >= 0.3 is 6.18 Å². The molecule has 0 aliphatic carbocycles. The molecule has 0 radical (unpaired) electrons. The lowest BCUT2D eigenvalue weighted by atomic mass is 10.1. The normalized spacial score (nSPS) is 15.7. The van der Waals surface area contributed by atoms with Gasteiger partial charge in [0, 0.05) is 18.7 Å². The summed E-state index contributed by atoms with van der Waals surface area (Å²) in [6.45, 7) is 2.21. The molecule has 1 fully saturated rings. The zero-order chi connectivity index (χ0) is 27.4. The predicted molar refractivity (Wildman–Crippen MR) is 144 cm³/mol. The van der Waals surface area contributed by atoms with Crippen LogP contribution in [0.4, 0.5) is 18.9 Å². The summed E-state index contributed by atoms with van der Waals surface area (Å²) < 4.78 is 44.9. The lowest BCUT2D eigenvalue weighted by Gasteiger charge is -2.21. The number of halogens is 3. The molecule has 1 amide bonds. The van der Waals surface area contributed by atoms with Crippen LogP contribution in [0, 0.1) is 6.92 Å². The number of benzene rings is 2. The molecule has 14 heteroatoms. The van der Waals surface area contributed by atoms with Gasteiger partial charge in [-0.15, -0.1) is 0 Å². The number of thiocarbonyl (C=S) groups is 1. The maximum absolute atomic E-state index is 12.8. The summed E-state index contributed by atoms with van der Waals surface area (Å²) >= 11 is 6.47. The number of carbonyl (C=O) groups excluding carboxylic acids is 1. The van der Waals surface area contributed by atoms with Crippen LogP contribution in [-0.4, -0.2) is 49.5 Å². The molecule has 0 spiro atoms. The zero-order valence-electron chi connectivity index (χ0n) is 20.6. The highest BCUT2D eigenvalue weighted by Crippen LogP contribution is 2.36. The smallest absolute Gasteiger partial charge is 0.422 e. The number of anilines is 1. The number of aliphatic imine (C=N–C) groups is 1. The van der Waals surface area contributed by atoms with Gasteiger partial charge in [0.25, 0.3) is 0 Å². The van der Waals surface area contributed by atoms with Crippen molar-refractivity contribution in [2.24, 2.45) is 12.0 Å². The lowest BCUT2D eigenvalue weighted by molar-refractivity contribution is -0.153. The van der Waals surface area contributed by atoms with Gasteiger partial charge in [-0.3, -0.25) is 19.8 Å². The number of hydrogen-bond acceptors (Lipinski definition) is 7. The quantitative estimate of drug-likeness (QED) is 0.325. The summed E-state index contributed by atoms with van der Waals surface area (Å²) in [5, 5.41) is 4.57. The molecule has 9 nitrogen and oxygen atoms in total. The van der Waals surface area contributed by atoms with Crippen LogP contribution in [0.25, 0.3) is 11.4 Å². The van der Waals surface area contributed by atoms with Crippen molar-refractivity contribution in [3.63, 3.8) is 0 Å². The van der Waals surface area contributed by atoms with Gasteiger partial charge in [-0.2, -0.15) is 23.3 Å². The van der Waals surface area contributed by atoms with E-state index in [0.717, 1.165) is 28.5 Å². The van der Waals surface area contributed by atoms with Gasteiger partial charge in [0.05, 0.1) is 11.4 Å². The Balaban J connectivity index is 1.43. The molecule has 1 unspecified atom stereocenters. The van der Waals surface area contributed by atoms with Crippen LogP contribution in [-0.2, 0) is 11.8 Å². The number of alkyl halides is 3. The van der Waals surface area contributed by atoms with Gasteiger partial charge < -0.3 is 4.74 Å². The van der Waals surface area contributed by atoms with Crippen molar-refractivity contribution in [3.05, 3.63) is 59.9 Å². The summed E-state index contributed by atoms with van der Waals surface area (Å²) in [5.74, 6) is 0.271. The number of nitrogens with one attached hydrogen (secondary N) is 2. The average Bonchev–Trinajstić information content (AvgIpc) is 3.46. The molecule has 2 heterocycles. The van der Waals surface area contributed by atoms with Crippen molar-refractivity contribution in [2.75, 3.05) is 17.3 Å². The maximum Gasteiger partial charge on any atom is 0.422 e. The molecule has 4 rings (SSSR count). The summed E-state index contributed by atoms with van der Waals surface area (Å²) in [5.41, 5.74) is 8.68. The first kappa shape index (κ1) is 27.5. The third kappa shape index (κ3) is 6.88. The molecule has 38 heavy (non-hydrogen) atoms. The van der Waals surface area contributed by atoms with Crippen LogP contribution in [0.5, 0.6) is 5.75 Å². The van der Waals surface area contributed by atoms with E-state index >= 15 is 0 Å². The second kappa shape index (κ2) is 11.5. The van der Waals surface area contributed by atoms with Crippen LogP contribution in [0.1, 0.15) is 24.1 Å². The maximum atomic E-state index is 12.8. The first-order chi connectivity index (χ1) is 18.0. The molecule has 2 N–H and O–H groups in total. The van der Waals surface area contributed by atoms with E-state index in [1.807, 2.05) is 31.2 Å². The molecule has 1 saturated heterocycles. The van der Waals surface area contributed by atoms with Gasteiger partial charge in [0.2, 0.25) is 11.0 Å². The van der Waals surface area contributed by atoms with Crippen molar-refractivity contribution in [1.82, 2.24) is 25.6 Å². The van der Waals surface area contributed by atoms with Crippen LogP contribution in [0.2, 0.25) is 0 Å². The van der Waals surface area contributed by atoms with Gasteiger partial charge in [0.1, 0.15) is 12.1 Å². The van der Waals surface area contributed by atoms with Crippen molar-refractivity contribution >= 4 is 45.9 Å². The number of hydrazine groups is 1. The molecule has 1 aliphatic heterocycles. The van der Waals surface area contributed by atoms with E-state index < -0.39 is 12.8 Å². The van der Waals surface area contributed by atoms with Gasteiger partial charge in [-0.05, 0) is 49.3 Å². The average molecular weight is 564 g/mol. The zero-order valence-corrected chi connectivity index (χ0v) is 22.2. The Morgan fingerprint density at radius 1 is 1.26 bits per heavy atom. The third-order valence-corrected chi connectivity index (χ3v) is 6.49. The van der Waals surface area contributed by atoms with Crippen LogP contribution >= 0.6 is 24.0 Å². The van der Waals surface area contributed by atoms with Crippen molar-refractivity contribution in [1.29, 1.82) is 0 Å². The Morgan fingerprint density at radius 2 is 2.00 bits per heavy atom. The minimum absolute atomic E-state index is 0.0544. The third-order valence-electron chi connectivity index (χ3n) is 5.37. The minimum Gasteiger partial charge on any atom is -0.482 e. The molecule has 2 aromatic carbocycles. The van der Waals surface area contributed by atoms with E-state index in [4.69, 9.17) is 17.0 Å². The fourth-order valence-corrected chi connectivity index (χ4v) is 4.60. The van der Waals surface area contributed by atoms with E-state index in [-0.39, 0.29) is 39.4 Å². The van der Waals surface area contributed by atoms with E-state index in [1.165, 1.54) is 11.0 Å². The van der Waals surface area contributed by atoms with Crippen LogP contribution in [0.3, 0.4) is 0 Å². The van der Waals surface area contributed by atoms with E-state index in [0.29, 0.717) is 5.82 Å². The highest BCUT2D eigenvalue weighted by molar-refractivity contribution is 8.15. The Labute approximate surface area is 226 Å². The van der Waals surface area contributed by atoms with E-state index in [9.17, 15) is 18.0 Å². The monoisotopic (exact) mass is 563 g/mol. The SMILES string of the molecule is Cc1ccc(OCC(F)(F)F)c(N2C(=O)CS/C2=N\C(=S)NNC(C)c2ccc(-c3ncn(C)n3)cc2)c1. The number of amides is 1. The summed E-state index contributed by atoms with van der Waals surface area (Å²) in [6.07, 6.45) is -2.89. The molecule has 0 bridgehead atoms. The van der Waals surface area contributed by atoms with Crippen LogP contribution < -0.4 is 20.5 Å². The number of ether oxygens (including phenoxy) is 1. The lowest BCUT2D eigenvalue weighted by Crippen LogP contribution is -2.38. The Kier molecular flexibility index (Phi) is 8.33. The highest BCUT2D eigenvalue weighted by Gasteiger charge is 2.34. The number of thioether (sulfide) groups is 1. The van der Waals surface area contributed by atoms with Gasteiger partial charge in [-0.1, -0.05) is 42.1 Å². The molecule has 200 valence electrons. The molecule has 1 aliphatic rings. The second-order valence-electron chi connectivity index (χ2n) is 8.45. The summed E-state index contributed by atoms with van der Waals surface area (Å²) in [6, 6.07) is 12.1. The number of carbonyl (C=O) groups is 1. The largest absolute Gasteiger partial charge is 0.482 e. The number of amidine groups is 1. The standard InChI is InChI=1S/C24H24F3N7O2S2/c1-14-4-9-19(36-12-24(25,26)27)18(10-14)34-20(35)11-38-23(34)29-22(37)31-30-15(2)16-5-7-17(8-6-16)21-28-13-33(3)32-21/h4-10,13,15,30H,11-12H2,1-3H3,(H,31,37)/b29-23-. The predicted octanol–water partition coefficient (Wildman–Crippen LogP) is 4.31. The molecular formula is C24H24F3N7O2S2. The van der Waals surface area contributed by atoms with Gasteiger partial charge in [0.15, 0.2) is 17.6 Å². The molecule has 1 aromatic heterocycles. The fourth-order valence-electron chi connectivity index (χ4n) is 3.53. The number of rotatable bonds is 7. The number of hydrogen-bond donors (Lipinski definition) is 2. The van der Waals surface area contributed by atoms with Crippen molar-refractivity contribution in [2.45, 2.75) is 26.1 Å². The molecule has 0 saturated carbocycles. The number of nitrogens with zero attached hydrogens (tertiary/aromatic N) is 5.